The van der Waals surface area contributed by atoms with Gasteiger partial charge in [0.15, 0.2) is 0 Å². The largest absolute Gasteiger partial charge is 0.481 e. The molecule has 140 valence electrons. The molecule has 0 aliphatic rings. The summed E-state index contributed by atoms with van der Waals surface area (Å²) in [5, 5.41) is 6.16. The molecule has 0 aliphatic heterocycles. The van der Waals surface area contributed by atoms with Crippen LogP contribution in [0.5, 0.6) is 11.9 Å². The summed E-state index contributed by atoms with van der Waals surface area (Å²) in [5.74, 6) is 0.829. The van der Waals surface area contributed by atoms with Gasteiger partial charge >= 0.3 is 6.01 Å². The van der Waals surface area contributed by atoms with Gasteiger partial charge in [0, 0.05) is 24.5 Å². The third kappa shape index (κ3) is 5.24. The van der Waals surface area contributed by atoms with Gasteiger partial charge in [-0.05, 0) is 30.7 Å². The Bertz CT molecular complexity index is 891. The predicted octanol–water partition coefficient (Wildman–Crippen LogP) is 3.17. The molecule has 0 spiro atoms. The van der Waals surface area contributed by atoms with Crippen LogP contribution in [-0.2, 0) is 6.54 Å². The molecule has 27 heavy (non-hydrogen) atoms. The zero-order valence-electron chi connectivity index (χ0n) is 14.9. The Kier molecular flexibility index (Phi) is 5.93. The van der Waals surface area contributed by atoms with Gasteiger partial charge in [0.2, 0.25) is 17.8 Å². The molecule has 8 nitrogen and oxygen atoms in total. The van der Waals surface area contributed by atoms with Crippen molar-refractivity contribution in [3.05, 3.63) is 54.0 Å². The van der Waals surface area contributed by atoms with Gasteiger partial charge in [0.25, 0.3) is 0 Å². The van der Waals surface area contributed by atoms with E-state index in [4.69, 9.17) is 9.47 Å². The summed E-state index contributed by atoms with van der Waals surface area (Å²) in [5.41, 5.74) is 1.60. The highest BCUT2D eigenvalue weighted by molar-refractivity contribution is 5.55. The van der Waals surface area contributed by atoms with Crippen molar-refractivity contribution in [3.8, 4) is 11.9 Å². The molecular weight excluding hydrogens is 351 g/mol. The number of hydrogen-bond donors (Lipinski definition) is 2. The number of nitrogens with one attached hydrogen (secondary N) is 2. The third-order valence-corrected chi connectivity index (χ3v) is 3.45. The SMILES string of the molecule is CCOc1nc(NCc2ccc(F)cc2)nc(Nc2ccnc(OC)c2)n1. The van der Waals surface area contributed by atoms with Gasteiger partial charge in [-0.25, -0.2) is 9.37 Å². The Morgan fingerprint density at radius 2 is 1.81 bits per heavy atom. The van der Waals surface area contributed by atoms with Crippen LogP contribution < -0.4 is 20.1 Å². The summed E-state index contributed by atoms with van der Waals surface area (Å²) in [4.78, 5) is 16.9. The minimum absolute atomic E-state index is 0.192. The highest BCUT2D eigenvalue weighted by Gasteiger charge is 2.09. The van der Waals surface area contributed by atoms with Gasteiger partial charge in [0.05, 0.1) is 13.7 Å². The maximum Gasteiger partial charge on any atom is 0.323 e. The Labute approximate surface area is 155 Å². The van der Waals surface area contributed by atoms with E-state index in [0.717, 1.165) is 5.56 Å². The van der Waals surface area contributed by atoms with Gasteiger partial charge in [-0.1, -0.05) is 12.1 Å². The number of hydrogen-bond acceptors (Lipinski definition) is 8. The van der Waals surface area contributed by atoms with Crippen LogP contribution in [0.2, 0.25) is 0 Å². The maximum atomic E-state index is 13.0. The van der Waals surface area contributed by atoms with Crippen LogP contribution in [0.15, 0.2) is 42.6 Å². The lowest BCUT2D eigenvalue weighted by molar-refractivity contribution is 0.312. The summed E-state index contributed by atoms with van der Waals surface area (Å²) in [6.07, 6.45) is 1.61. The normalized spacial score (nSPS) is 10.3. The summed E-state index contributed by atoms with van der Waals surface area (Å²) in [7, 11) is 1.54. The van der Waals surface area contributed by atoms with Crippen LogP contribution >= 0.6 is 0 Å². The van der Waals surface area contributed by atoms with Crippen molar-refractivity contribution >= 4 is 17.6 Å². The van der Waals surface area contributed by atoms with E-state index in [0.29, 0.717) is 36.6 Å². The van der Waals surface area contributed by atoms with Gasteiger partial charge < -0.3 is 20.1 Å². The smallest absolute Gasteiger partial charge is 0.323 e. The molecule has 0 amide bonds. The highest BCUT2D eigenvalue weighted by Crippen LogP contribution is 2.19. The van der Waals surface area contributed by atoms with Crippen LogP contribution in [0.3, 0.4) is 0 Å². The lowest BCUT2D eigenvalue weighted by atomic mass is 10.2. The molecule has 0 saturated carbocycles. The molecule has 0 radical (unpaired) electrons. The first-order valence-corrected chi connectivity index (χ1v) is 8.30. The van der Waals surface area contributed by atoms with Crippen LogP contribution in [0, 0.1) is 5.82 Å². The third-order valence-electron chi connectivity index (χ3n) is 3.45. The number of aromatic nitrogens is 4. The van der Waals surface area contributed by atoms with Crippen LogP contribution in [0.25, 0.3) is 0 Å². The van der Waals surface area contributed by atoms with Crippen molar-refractivity contribution in [2.75, 3.05) is 24.4 Å². The van der Waals surface area contributed by atoms with E-state index in [-0.39, 0.29) is 11.8 Å². The zero-order valence-corrected chi connectivity index (χ0v) is 14.9. The second-order valence-electron chi connectivity index (χ2n) is 5.39. The first-order chi connectivity index (χ1) is 13.2. The molecule has 0 atom stereocenters. The molecule has 0 fully saturated rings. The van der Waals surface area contributed by atoms with Crippen molar-refractivity contribution in [1.82, 2.24) is 19.9 Å². The predicted molar refractivity (Wildman–Crippen MR) is 98.8 cm³/mol. The molecule has 2 heterocycles. The van der Waals surface area contributed by atoms with Crippen LogP contribution in [-0.4, -0.2) is 33.7 Å². The number of halogens is 1. The average Bonchev–Trinajstić information content (AvgIpc) is 2.68. The fourth-order valence-electron chi connectivity index (χ4n) is 2.20. The number of rotatable bonds is 8. The van der Waals surface area contributed by atoms with Gasteiger partial charge in [-0.2, -0.15) is 15.0 Å². The zero-order chi connectivity index (χ0) is 19.1. The molecule has 0 bridgehead atoms. The van der Waals surface area contributed by atoms with Crippen molar-refractivity contribution in [3.63, 3.8) is 0 Å². The molecular formula is C18H19FN6O2. The van der Waals surface area contributed by atoms with E-state index in [9.17, 15) is 4.39 Å². The maximum absolute atomic E-state index is 13.0. The van der Waals surface area contributed by atoms with E-state index in [2.05, 4.69) is 30.6 Å². The fourth-order valence-corrected chi connectivity index (χ4v) is 2.20. The van der Waals surface area contributed by atoms with Gasteiger partial charge in [-0.15, -0.1) is 0 Å². The van der Waals surface area contributed by atoms with E-state index >= 15 is 0 Å². The standard InChI is InChI=1S/C18H19FN6O2/c1-3-27-18-24-16(21-11-12-4-6-13(19)7-5-12)23-17(25-18)22-14-8-9-20-15(10-14)26-2/h4-10H,3,11H2,1-2H3,(H2,20,21,22,23,24,25). The highest BCUT2D eigenvalue weighted by atomic mass is 19.1. The molecule has 3 rings (SSSR count). The van der Waals surface area contributed by atoms with Crippen molar-refractivity contribution in [2.45, 2.75) is 13.5 Å². The van der Waals surface area contributed by atoms with Crippen molar-refractivity contribution in [2.24, 2.45) is 0 Å². The minimum Gasteiger partial charge on any atom is -0.481 e. The van der Waals surface area contributed by atoms with E-state index < -0.39 is 0 Å². The monoisotopic (exact) mass is 370 g/mol. The Hall–Kier alpha value is -3.49. The van der Waals surface area contributed by atoms with Crippen molar-refractivity contribution in [1.29, 1.82) is 0 Å². The number of ether oxygens (including phenoxy) is 2. The first-order valence-electron chi connectivity index (χ1n) is 8.30. The molecule has 3 aromatic rings. The second-order valence-corrected chi connectivity index (χ2v) is 5.39. The summed E-state index contributed by atoms with van der Waals surface area (Å²) in [6.45, 7) is 2.69. The summed E-state index contributed by atoms with van der Waals surface area (Å²) >= 11 is 0. The quantitative estimate of drug-likeness (QED) is 0.624. The summed E-state index contributed by atoms with van der Waals surface area (Å²) in [6, 6.07) is 9.86. The molecule has 2 N–H and O–H groups in total. The topological polar surface area (TPSA) is 94.1 Å². The fraction of sp³-hybridized carbons (Fsp3) is 0.222. The Morgan fingerprint density at radius 3 is 2.56 bits per heavy atom. The lowest BCUT2D eigenvalue weighted by Crippen LogP contribution is -2.09. The Balaban J connectivity index is 1.77. The molecule has 0 saturated heterocycles. The number of methoxy groups -OCH3 is 1. The van der Waals surface area contributed by atoms with E-state index in [1.165, 1.54) is 12.1 Å². The first kappa shape index (κ1) is 18.3. The number of anilines is 3. The molecule has 0 aliphatic carbocycles. The van der Waals surface area contributed by atoms with E-state index in [1.54, 1.807) is 37.6 Å². The van der Waals surface area contributed by atoms with Crippen LogP contribution in [0.1, 0.15) is 12.5 Å². The lowest BCUT2D eigenvalue weighted by Gasteiger charge is -2.10. The molecule has 0 unspecified atom stereocenters. The number of nitrogens with zero attached hydrogens (tertiary/aromatic N) is 4. The second kappa shape index (κ2) is 8.75. The van der Waals surface area contributed by atoms with Gasteiger partial charge in [-0.3, -0.25) is 0 Å². The molecule has 2 aromatic heterocycles. The van der Waals surface area contributed by atoms with Crippen LogP contribution in [0.4, 0.5) is 22.0 Å². The van der Waals surface area contributed by atoms with E-state index in [1.807, 2.05) is 6.92 Å². The average molecular weight is 370 g/mol. The number of benzene rings is 1. The Morgan fingerprint density at radius 1 is 1.04 bits per heavy atom. The minimum atomic E-state index is -0.281. The number of pyridine rings is 1. The summed E-state index contributed by atoms with van der Waals surface area (Å²) < 4.78 is 23.5. The molecule has 9 heteroatoms. The van der Waals surface area contributed by atoms with Gasteiger partial charge in [0.1, 0.15) is 5.82 Å². The van der Waals surface area contributed by atoms with Crippen molar-refractivity contribution < 1.29 is 13.9 Å². The molecule has 1 aromatic carbocycles.